The van der Waals surface area contributed by atoms with Crippen LogP contribution >= 0.6 is 0 Å². The van der Waals surface area contributed by atoms with E-state index >= 15 is 0 Å². The van der Waals surface area contributed by atoms with Crippen molar-refractivity contribution in [1.29, 1.82) is 0 Å². The lowest BCUT2D eigenvalue weighted by molar-refractivity contribution is -0.385. The van der Waals surface area contributed by atoms with Crippen LogP contribution in [0.25, 0.3) is 6.08 Å². The molecule has 24 heavy (non-hydrogen) atoms. The molecule has 122 valence electrons. The van der Waals surface area contributed by atoms with Crippen LogP contribution in [0.2, 0.25) is 0 Å². The van der Waals surface area contributed by atoms with Gasteiger partial charge < -0.3 is 0 Å². The summed E-state index contributed by atoms with van der Waals surface area (Å²) in [7, 11) is 0. The summed E-state index contributed by atoms with van der Waals surface area (Å²) in [5.74, 6) is -1.16. The van der Waals surface area contributed by atoms with Gasteiger partial charge >= 0.3 is 0 Å². The van der Waals surface area contributed by atoms with E-state index in [1.165, 1.54) is 18.2 Å². The van der Waals surface area contributed by atoms with E-state index in [1.54, 1.807) is 13.0 Å². The van der Waals surface area contributed by atoms with Crippen molar-refractivity contribution < 1.29 is 14.5 Å². The normalized spacial score (nSPS) is 10.4. The van der Waals surface area contributed by atoms with Gasteiger partial charge in [0.05, 0.1) is 4.92 Å². The van der Waals surface area contributed by atoms with Crippen molar-refractivity contribution >= 4 is 23.6 Å². The number of nitro groups is 1. The molecule has 0 aliphatic rings. The second-order valence-corrected chi connectivity index (χ2v) is 4.95. The number of nitrogens with one attached hydrogen (secondary N) is 2. The van der Waals surface area contributed by atoms with Gasteiger partial charge in [0.15, 0.2) is 0 Å². The molecule has 0 atom stereocenters. The number of amides is 2. The molecule has 0 fully saturated rings. The van der Waals surface area contributed by atoms with Crippen molar-refractivity contribution in [2.45, 2.75) is 6.92 Å². The Kier molecular flexibility index (Phi) is 5.40. The molecule has 2 aromatic carbocycles. The summed E-state index contributed by atoms with van der Waals surface area (Å²) in [5, 5.41) is 10.9. The predicted molar refractivity (Wildman–Crippen MR) is 88.9 cm³/mol. The van der Waals surface area contributed by atoms with Crippen molar-refractivity contribution in [2.24, 2.45) is 0 Å². The number of benzene rings is 2. The first-order chi connectivity index (χ1) is 11.5. The summed E-state index contributed by atoms with van der Waals surface area (Å²) >= 11 is 0. The Morgan fingerprint density at radius 2 is 1.79 bits per heavy atom. The van der Waals surface area contributed by atoms with Gasteiger partial charge in [-0.3, -0.25) is 30.6 Å². The van der Waals surface area contributed by atoms with E-state index in [-0.39, 0.29) is 11.3 Å². The largest absolute Gasteiger partial charge is 0.273 e. The van der Waals surface area contributed by atoms with E-state index in [9.17, 15) is 19.7 Å². The summed E-state index contributed by atoms with van der Waals surface area (Å²) in [6, 6.07) is 13.3. The topological polar surface area (TPSA) is 101 Å². The minimum atomic E-state index is -0.639. The molecule has 2 rings (SSSR count). The Hall–Kier alpha value is -3.48. The van der Waals surface area contributed by atoms with Crippen molar-refractivity contribution in [3.05, 3.63) is 81.4 Å². The van der Waals surface area contributed by atoms with Crippen molar-refractivity contribution in [1.82, 2.24) is 10.9 Å². The second-order valence-electron chi connectivity index (χ2n) is 4.95. The van der Waals surface area contributed by atoms with Gasteiger partial charge in [0.25, 0.3) is 17.5 Å². The van der Waals surface area contributed by atoms with Gasteiger partial charge in [0.2, 0.25) is 0 Å². The number of carbonyl (C=O) groups excluding carboxylic acids is 2. The van der Waals surface area contributed by atoms with Crippen LogP contribution in [0.1, 0.15) is 21.5 Å². The van der Waals surface area contributed by atoms with Gasteiger partial charge in [0.1, 0.15) is 0 Å². The first kappa shape index (κ1) is 16.9. The fourth-order valence-corrected chi connectivity index (χ4v) is 1.92. The highest BCUT2D eigenvalue weighted by molar-refractivity contribution is 5.98. The van der Waals surface area contributed by atoms with Crippen LogP contribution in [0.5, 0.6) is 0 Å². The molecule has 2 N–H and O–H groups in total. The Labute approximate surface area is 138 Å². The van der Waals surface area contributed by atoms with Crippen LogP contribution in [-0.2, 0) is 4.79 Å². The minimum absolute atomic E-state index is 0.0830. The number of hydrazine groups is 1. The Morgan fingerprint density at radius 1 is 1.08 bits per heavy atom. The van der Waals surface area contributed by atoms with Gasteiger partial charge in [-0.25, -0.2) is 0 Å². The highest BCUT2D eigenvalue weighted by Gasteiger charge is 2.15. The number of nitrogens with zero attached hydrogens (tertiary/aromatic N) is 1. The molecule has 0 aromatic heterocycles. The van der Waals surface area contributed by atoms with Crippen LogP contribution < -0.4 is 10.9 Å². The minimum Gasteiger partial charge on any atom is -0.268 e. The smallest absolute Gasteiger partial charge is 0.268 e. The lowest BCUT2D eigenvalue weighted by Crippen LogP contribution is -2.40. The zero-order chi connectivity index (χ0) is 17.5. The third-order valence-corrected chi connectivity index (χ3v) is 3.19. The number of aryl methyl sites for hydroxylation is 1. The van der Waals surface area contributed by atoms with Crippen LogP contribution in [0.15, 0.2) is 54.6 Å². The number of hydrogen-bond donors (Lipinski definition) is 2. The van der Waals surface area contributed by atoms with Gasteiger partial charge in [-0.2, -0.15) is 0 Å². The molecule has 7 nitrogen and oxygen atoms in total. The zero-order valence-corrected chi connectivity index (χ0v) is 12.9. The standard InChI is InChI=1S/C17H15N3O4/c1-12-7-9-14(11-15(12)20(23)24)17(22)19-18-16(21)10-8-13-5-3-2-4-6-13/h2-11H,1H3,(H,18,21)(H,19,22)/b10-8+. The lowest BCUT2D eigenvalue weighted by atomic mass is 10.1. The van der Waals surface area contributed by atoms with Crippen LogP contribution in [0.4, 0.5) is 5.69 Å². The molecule has 0 spiro atoms. The molecule has 0 heterocycles. The SMILES string of the molecule is Cc1ccc(C(=O)NNC(=O)/C=C/c2ccccc2)cc1[N+](=O)[O-]. The maximum atomic E-state index is 11.9. The summed E-state index contributed by atoms with van der Waals surface area (Å²) in [5.41, 5.74) is 5.65. The first-order valence-electron chi connectivity index (χ1n) is 7.06. The van der Waals surface area contributed by atoms with Gasteiger partial charge in [0, 0.05) is 23.3 Å². The molecule has 2 amide bonds. The third-order valence-electron chi connectivity index (χ3n) is 3.19. The highest BCUT2D eigenvalue weighted by atomic mass is 16.6. The second kappa shape index (κ2) is 7.68. The molecule has 0 saturated heterocycles. The molecule has 2 aromatic rings. The monoisotopic (exact) mass is 325 g/mol. The van der Waals surface area contributed by atoms with Gasteiger partial charge in [-0.15, -0.1) is 0 Å². The molecule has 0 saturated carbocycles. The Balaban J connectivity index is 1.95. The van der Waals surface area contributed by atoms with E-state index in [4.69, 9.17) is 0 Å². The predicted octanol–water partition coefficient (Wildman–Crippen LogP) is 2.38. The molecule has 0 aliphatic heterocycles. The van der Waals surface area contributed by atoms with E-state index in [1.807, 2.05) is 30.3 Å². The first-order valence-corrected chi connectivity index (χ1v) is 7.06. The quantitative estimate of drug-likeness (QED) is 0.512. The third kappa shape index (κ3) is 4.51. The van der Waals surface area contributed by atoms with E-state index in [0.717, 1.165) is 11.6 Å². The molecule has 0 radical (unpaired) electrons. The van der Waals surface area contributed by atoms with Gasteiger partial charge in [-0.1, -0.05) is 36.4 Å². The molecule has 7 heteroatoms. The average Bonchev–Trinajstić information content (AvgIpc) is 2.59. The average molecular weight is 325 g/mol. The molecule has 0 bridgehead atoms. The van der Waals surface area contributed by atoms with E-state index in [0.29, 0.717) is 5.56 Å². The fraction of sp³-hybridized carbons (Fsp3) is 0.0588. The molecular formula is C17H15N3O4. The summed E-state index contributed by atoms with van der Waals surface area (Å²) in [4.78, 5) is 33.9. The molecule has 0 aliphatic carbocycles. The van der Waals surface area contributed by atoms with Crippen molar-refractivity contribution in [3.8, 4) is 0 Å². The lowest BCUT2D eigenvalue weighted by Gasteiger charge is -2.06. The van der Waals surface area contributed by atoms with Crippen LogP contribution in [0, 0.1) is 17.0 Å². The maximum absolute atomic E-state index is 11.9. The van der Waals surface area contributed by atoms with E-state index < -0.39 is 16.7 Å². The highest BCUT2D eigenvalue weighted by Crippen LogP contribution is 2.18. The summed E-state index contributed by atoms with van der Waals surface area (Å²) in [6.07, 6.45) is 2.87. The number of rotatable bonds is 4. The Bertz CT molecular complexity index is 801. The summed E-state index contributed by atoms with van der Waals surface area (Å²) in [6.45, 7) is 1.58. The van der Waals surface area contributed by atoms with E-state index in [2.05, 4.69) is 10.9 Å². The summed E-state index contributed by atoms with van der Waals surface area (Å²) < 4.78 is 0. The number of nitro benzene ring substituents is 1. The molecular weight excluding hydrogens is 310 g/mol. The maximum Gasteiger partial charge on any atom is 0.273 e. The fourth-order valence-electron chi connectivity index (χ4n) is 1.92. The number of hydrogen-bond acceptors (Lipinski definition) is 4. The number of carbonyl (C=O) groups is 2. The van der Waals surface area contributed by atoms with Gasteiger partial charge in [-0.05, 0) is 24.6 Å². The Morgan fingerprint density at radius 3 is 2.46 bits per heavy atom. The van der Waals surface area contributed by atoms with Crippen LogP contribution in [-0.4, -0.2) is 16.7 Å². The zero-order valence-electron chi connectivity index (χ0n) is 12.9. The van der Waals surface area contributed by atoms with Crippen molar-refractivity contribution in [2.75, 3.05) is 0 Å². The molecule has 0 unspecified atom stereocenters. The van der Waals surface area contributed by atoms with Crippen LogP contribution in [0.3, 0.4) is 0 Å². The van der Waals surface area contributed by atoms with Crippen molar-refractivity contribution in [3.63, 3.8) is 0 Å².